The number of hydrogen-bond donors (Lipinski definition) is 0. The molecule has 1 aliphatic heterocycles. The molecule has 0 saturated heterocycles. The van der Waals surface area contributed by atoms with Crippen molar-refractivity contribution in [2.45, 2.75) is 32.5 Å². The number of rotatable bonds is 5. The minimum atomic E-state index is 0.0154. The summed E-state index contributed by atoms with van der Waals surface area (Å²) in [5.74, 6) is 0.987. The zero-order chi connectivity index (χ0) is 17.1. The topological polar surface area (TPSA) is 60.2 Å². The Morgan fingerprint density at radius 3 is 2.88 bits per heavy atom. The van der Waals surface area contributed by atoms with Gasteiger partial charge in [-0.1, -0.05) is 12.2 Å². The van der Waals surface area contributed by atoms with Crippen LogP contribution >= 0.6 is 0 Å². The second kappa shape index (κ2) is 6.93. The highest BCUT2D eigenvalue weighted by Gasteiger charge is 2.26. The van der Waals surface area contributed by atoms with E-state index in [0.29, 0.717) is 31.9 Å². The molecule has 0 atom stereocenters. The monoisotopic (exact) mass is 336 g/mol. The molecular formula is C19H20N4O2. The van der Waals surface area contributed by atoms with Gasteiger partial charge in [-0.2, -0.15) is 5.10 Å². The zero-order valence-electron chi connectivity index (χ0n) is 14.0. The Hall–Kier alpha value is -2.89. The van der Waals surface area contributed by atoms with Crippen LogP contribution in [0, 0.1) is 0 Å². The number of ether oxygens (including phenoxy) is 1. The first-order valence-corrected chi connectivity index (χ1v) is 8.53. The van der Waals surface area contributed by atoms with Crippen LogP contribution in [0.4, 0.5) is 0 Å². The van der Waals surface area contributed by atoms with Gasteiger partial charge in [0.2, 0.25) is 0 Å². The summed E-state index contributed by atoms with van der Waals surface area (Å²) in [6.07, 6.45) is 11.5. The Bertz CT molecular complexity index is 823. The van der Waals surface area contributed by atoms with Gasteiger partial charge in [-0.05, 0) is 36.3 Å². The second-order valence-corrected chi connectivity index (χ2v) is 6.21. The average molecular weight is 336 g/mol. The van der Waals surface area contributed by atoms with Crippen LogP contribution in [0.5, 0.6) is 0 Å². The summed E-state index contributed by atoms with van der Waals surface area (Å²) in [5, 5.41) is 4.52. The van der Waals surface area contributed by atoms with Gasteiger partial charge in [0.05, 0.1) is 12.3 Å². The van der Waals surface area contributed by atoms with E-state index in [2.05, 4.69) is 16.2 Å². The number of aromatic nitrogens is 3. The van der Waals surface area contributed by atoms with Crippen LogP contribution in [0.15, 0.2) is 54.6 Å². The highest BCUT2D eigenvalue weighted by atomic mass is 16.5. The van der Waals surface area contributed by atoms with E-state index in [9.17, 15) is 4.79 Å². The van der Waals surface area contributed by atoms with E-state index in [0.717, 1.165) is 29.9 Å². The first-order chi connectivity index (χ1) is 12.3. The number of hydrogen-bond acceptors (Lipinski definition) is 4. The van der Waals surface area contributed by atoms with Crippen LogP contribution in [0.1, 0.15) is 34.6 Å². The minimum absolute atomic E-state index is 0.0154. The molecular weight excluding hydrogens is 316 g/mol. The Morgan fingerprint density at radius 1 is 1.20 bits per heavy atom. The quantitative estimate of drug-likeness (QED) is 0.842. The van der Waals surface area contributed by atoms with Crippen molar-refractivity contribution in [3.8, 4) is 0 Å². The van der Waals surface area contributed by atoms with E-state index < -0.39 is 0 Å². The first-order valence-electron chi connectivity index (χ1n) is 8.53. The van der Waals surface area contributed by atoms with Gasteiger partial charge in [0.15, 0.2) is 0 Å². The van der Waals surface area contributed by atoms with Gasteiger partial charge in [-0.3, -0.25) is 14.5 Å². The summed E-state index contributed by atoms with van der Waals surface area (Å²) < 4.78 is 7.60. The molecule has 4 rings (SSSR count). The van der Waals surface area contributed by atoms with Crippen LogP contribution in [0.3, 0.4) is 0 Å². The Morgan fingerprint density at radius 2 is 2.08 bits per heavy atom. The fourth-order valence-electron chi connectivity index (χ4n) is 3.09. The fourth-order valence-corrected chi connectivity index (χ4v) is 3.09. The predicted molar refractivity (Wildman–Crippen MR) is 92.5 cm³/mol. The van der Waals surface area contributed by atoms with E-state index in [4.69, 9.17) is 4.74 Å². The van der Waals surface area contributed by atoms with Crippen molar-refractivity contribution in [3.05, 3.63) is 71.5 Å². The average Bonchev–Trinajstić information content (AvgIpc) is 3.08. The minimum Gasteiger partial charge on any atom is -0.492 e. The van der Waals surface area contributed by atoms with Crippen molar-refractivity contribution in [2.75, 3.05) is 6.54 Å². The fraction of sp³-hybridized carbons (Fsp3) is 0.316. The lowest BCUT2D eigenvalue weighted by atomic mass is 10.2. The summed E-state index contributed by atoms with van der Waals surface area (Å²) in [5.41, 5.74) is 2.51. The number of amides is 1. The summed E-state index contributed by atoms with van der Waals surface area (Å²) in [6, 6.07) is 5.72. The number of pyridine rings is 1. The van der Waals surface area contributed by atoms with Crippen molar-refractivity contribution >= 4 is 5.91 Å². The summed E-state index contributed by atoms with van der Waals surface area (Å²) >= 11 is 0. The van der Waals surface area contributed by atoms with Crippen molar-refractivity contribution in [2.24, 2.45) is 0 Å². The Kier molecular flexibility index (Phi) is 4.33. The highest BCUT2D eigenvalue weighted by molar-refractivity contribution is 5.93. The molecule has 6 nitrogen and oxygen atoms in total. The zero-order valence-corrected chi connectivity index (χ0v) is 14.0. The smallest absolute Gasteiger partial charge is 0.272 e. The number of carbonyl (C=O) groups excluding carboxylic acids is 1. The van der Waals surface area contributed by atoms with Crippen LogP contribution in [0.2, 0.25) is 0 Å². The number of carbonyl (C=O) groups is 1. The van der Waals surface area contributed by atoms with Crippen LogP contribution in [0.25, 0.3) is 0 Å². The van der Waals surface area contributed by atoms with Gasteiger partial charge < -0.3 is 9.64 Å². The van der Waals surface area contributed by atoms with E-state index in [1.54, 1.807) is 17.1 Å². The molecule has 3 heterocycles. The lowest BCUT2D eigenvalue weighted by Crippen LogP contribution is -2.39. The molecule has 2 aromatic rings. The number of nitrogens with zero attached hydrogens (tertiary/aromatic N) is 4. The van der Waals surface area contributed by atoms with Crippen molar-refractivity contribution < 1.29 is 9.53 Å². The molecule has 0 saturated carbocycles. The lowest BCUT2D eigenvalue weighted by Gasteiger charge is -2.27. The van der Waals surface area contributed by atoms with Crippen LogP contribution < -0.4 is 0 Å². The molecule has 0 radical (unpaired) electrons. The van der Waals surface area contributed by atoms with E-state index in [-0.39, 0.29) is 5.91 Å². The molecule has 1 amide bonds. The van der Waals surface area contributed by atoms with Crippen molar-refractivity contribution in [1.82, 2.24) is 19.7 Å². The second-order valence-electron chi connectivity index (χ2n) is 6.21. The van der Waals surface area contributed by atoms with E-state index in [1.165, 1.54) is 0 Å². The molecule has 0 fully saturated rings. The third-order valence-electron chi connectivity index (χ3n) is 4.42. The molecule has 0 unspecified atom stereocenters. The maximum Gasteiger partial charge on any atom is 0.272 e. The molecule has 1 aliphatic carbocycles. The number of fused-ring (bicyclic) bond motifs is 1. The third kappa shape index (κ3) is 3.47. The molecule has 128 valence electrons. The van der Waals surface area contributed by atoms with Crippen molar-refractivity contribution in [1.29, 1.82) is 0 Å². The Labute approximate surface area is 146 Å². The third-order valence-corrected chi connectivity index (χ3v) is 4.42. The van der Waals surface area contributed by atoms with E-state index >= 15 is 0 Å². The van der Waals surface area contributed by atoms with Gasteiger partial charge in [-0.15, -0.1) is 0 Å². The number of allylic oxidation sites excluding steroid dienone is 4. The molecule has 0 aromatic carbocycles. The molecule has 6 heteroatoms. The maximum atomic E-state index is 12.7. The first kappa shape index (κ1) is 15.6. The normalized spacial score (nSPS) is 16.6. The standard InChI is InChI=1S/C19H20N4O2/c24-19-18-12-16(14-25-17-4-2-1-3-5-17)21-23(18)11-10-22(19)13-15-6-8-20-9-7-15/h1-2,4,6-9,12H,3,5,10-11,13-14H2. The molecule has 2 aliphatic rings. The van der Waals surface area contributed by atoms with Gasteiger partial charge in [-0.25, -0.2) is 0 Å². The van der Waals surface area contributed by atoms with Gasteiger partial charge >= 0.3 is 0 Å². The van der Waals surface area contributed by atoms with Crippen molar-refractivity contribution in [3.63, 3.8) is 0 Å². The SMILES string of the molecule is O=C1c2cc(COC3=CC=CCC3)nn2CCN1Cc1ccncc1. The van der Waals surface area contributed by atoms with Gasteiger partial charge in [0, 0.05) is 31.9 Å². The molecule has 2 aromatic heterocycles. The van der Waals surface area contributed by atoms with Crippen LogP contribution in [-0.2, 0) is 24.4 Å². The largest absolute Gasteiger partial charge is 0.492 e. The summed E-state index contributed by atoms with van der Waals surface area (Å²) in [6.45, 7) is 2.36. The predicted octanol–water partition coefficient (Wildman–Crippen LogP) is 2.68. The molecule has 0 bridgehead atoms. The highest BCUT2D eigenvalue weighted by Crippen LogP contribution is 2.19. The van der Waals surface area contributed by atoms with Crippen LogP contribution in [-0.4, -0.2) is 32.1 Å². The Balaban J connectivity index is 1.43. The maximum absolute atomic E-state index is 12.7. The van der Waals surface area contributed by atoms with Gasteiger partial charge in [0.1, 0.15) is 18.0 Å². The molecule has 25 heavy (non-hydrogen) atoms. The summed E-state index contributed by atoms with van der Waals surface area (Å²) in [4.78, 5) is 18.6. The molecule has 0 spiro atoms. The lowest BCUT2D eigenvalue weighted by molar-refractivity contribution is 0.0683. The molecule has 0 N–H and O–H groups in total. The van der Waals surface area contributed by atoms with Gasteiger partial charge in [0.25, 0.3) is 5.91 Å². The van der Waals surface area contributed by atoms with E-state index in [1.807, 2.05) is 35.3 Å². The summed E-state index contributed by atoms with van der Waals surface area (Å²) in [7, 11) is 0.